The lowest BCUT2D eigenvalue weighted by Crippen LogP contribution is -2.29. The van der Waals surface area contributed by atoms with Gasteiger partial charge in [0.05, 0.1) is 12.1 Å². The van der Waals surface area contributed by atoms with Crippen LogP contribution in [0.15, 0.2) is 23.4 Å². The van der Waals surface area contributed by atoms with E-state index in [0.29, 0.717) is 4.31 Å². The quantitative estimate of drug-likeness (QED) is 0.766. The lowest BCUT2D eigenvalue weighted by atomic mass is 10.1. The third kappa shape index (κ3) is 4.02. The van der Waals surface area contributed by atoms with E-state index in [1.165, 1.54) is 6.92 Å². The molecule has 12 heteroatoms. The molecule has 0 aliphatic carbocycles. The maximum Gasteiger partial charge on any atom is 0.338 e. The van der Waals surface area contributed by atoms with Crippen LogP contribution in [-0.2, 0) is 23.1 Å². The summed E-state index contributed by atoms with van der Waals surface area (Å²) in [6.45, 7) is 0.195. The number of rotatable bonds is 7. The number of nitrogens with zero attached hydrogens (tertiary/aromatic N) is 4. The Morgan fingerprint density at radius 1 is 1.38 bits per heavy atom. The van der Waals surface area contributed by atoms with Crippen molar-refractivity contribution in [2.45, 2.75) is 31.3 Å². The monoisotopic (exact) mass is 392 g/mol. The topological polar surface area (TPSA) is 105 Å². The van der Waals surface area contributed by atoms with Gasteiger partial charge in [-0.1, -0.05) is 0 Å². The molecule has 0 atom stereocenters. The Bertz CT molecular complexity index is 930. The van der Waals surface area contributed by atoms with Crippen LogP contribution in [0, 0.1) is 12.7 Å². The van der Waals surface area contributed by atoms with Crippen LogP contribution in [0.2, 0.25) is 0 Å². The fraction of sp³-hybridized carbons (Fsp3) is 0.357. The van der Waals surface area contributed by atoms with Crippen molar-refractivity contribution in [3.63, 3.8) is 0 Å². The third-order valence-corrected chi connectivity index (χ3v) is 5.28. The number of carbonyl (C=O) groups is 1. The minimum absolute atomic E-state index is 0.0668. The smallest absolute Gasteiger partial charge is 0.338 e. The third-order valence-electron chi connectivity index (χ3n) is 3.47. The second kappa shape index (κ2) is 7.41. The van der Waals surface area contributed by atoms with Crippen molar-refractivity contribution in [1.29, 1.82) is 0 Å². The lowest BCUT2D eigenvalue weighted by molar-refractivity contribution is 0.0691. The van der Waals surface area contributed by atoms with Gasteiger partial charge in [0.2, 0.25) is 10.0 Å². The highest BCUT2D eigenvalue weighted by Crippen LogP contribution is 2.24. The maximum atomic E-state index is 14.4. The molecule has 1 aromatic carbocycles. The molecule has 0 unspecified atom stereocenters. The molecule has 0 aliphatic heterocycles. The zero-order valence-corrected chi connectivity index (χ0v) is 14.5. The van der Waals surface area contributed by atoms with E-state index < -0.39 is 51.8 Å². The number of hydrogen-bond acceptors (Lipinski definition) is 5. The van der Waals surface area contributed by atoms with Gasteiger partial charge in [0, 0.05) is 7.05 Å². The van der Waals surface area contributed by atoms with E-state index in [1.807, 2.05) is 0 Å². The van der Waals surface area contributed by atoms with Crippen molar-refractivity contribution in [3.05, 3.63) is 41.2 Å². The molecule has 142 valence electrons. The summed E-state index contributed by atoms with van der Waals surface area (Å²) in [5.74, 6) is -3.08. The molecular weight excluding hydrogens is 377 g/mol. The van der Waals surface area contributed by atoms with Gasteiger partial charge in [-0.15, -0.1) is 0 Å². The minimum atomic E-state index is -4.44. The average Bonchev–Trinajstić information content (AvgIpc) is 2.94. The lowest BCUT2D eigenvalue weighted by Gasteiger charge is -2.18. The van der Waals surface area contributed by atoms with Crippen LogP contribution >= 0.6 is 0 Å². The van der Waals surface area contributed by atoms with Crippen molar-refractivity contribution in [2.75, 3.05) is 7.05 Å². The first kappa shape index (κ1) is 19.8. The molecule has 0 amide bonds. The van der Waals surface area contributed by atoms with E-state index >= 15 is 0 Å². The highest BCUT2D eigenvalue weighted by molar-refractivity contribution is 7.89. The molecule has 0 spiro atoms. The van der Waals surface area contributed by atoms with Gasteiger partial charge in [0.1, 0.15) is 23.6 Å². The fourth-order valence-corrected chi connectivity index (χ4v) is 3.52. The molecule has 1 heterocycles. The Balaban J connectivity index is 2.39. The van der Waals surface area contributed by atoms with Gasteiger partial charge >= 0.3 is 5.97 Å². The number of aromatic nitrogens is 3. The van der Waals surface area contributed by atoms with Crippen LogP contribution in [0.4, 0.5) is 13.2 Å². The Kier molecular flexibility index (Phi) is 5.66. The van der Waals surface area contributed by atoms with Gasteiger partial charge in [-0.25, -0.2) is 36.0 Å². The maximum absolute atomic E-state index is 14.4. The molecule has 0 fully saturated rings. The standard InChI is InChI=1S/C14H15F3N4O4S/c1-8-3-9(14(22)23)13(17)10(4-8)26(24,25)20(2)6-12-18-7-19-21(12)5-11(15)16/h3-4,7,11H,5-6H2,1-2H3,(H,22,23). The van der Waals surface area contributed by atoms with Crippen LogP contribution < -0.4 is 0 Å². The van der Waals surface area contributed by atoms with Crippen LogP contribution in [0.1, 0.15) is 21.7 Å². The number of hydrogen-bond donors (Lipinski definition) is 1. The van der Waals surface area contributed by atoms with Crippen LogP contribution in [0.5, 0.6) is 0 Å². The van der Waals surface area contributed by atoms with Gasteiger partial charge in [-0.05, 0) is 24.6 Å². The molecule has 26 heavy (non-hydrogen) atoms. The molecule has 2 aromatic rings. The Morgan fingerprint density at radius 2 is 2.04 bits per heavy atom. The summed E-state index contributed by atoms with van der Waals surface area (Å²) in [6.07, 6.45) is -1.72. The summed E-state index contributed by atoms with van der Waals surface area (Å²) >= 11 is 0. The summed E-state index contributed by atoms with van der Waals surface area (Å²) in [5, 5.41) is 12.6. The number of aromatic carboxylic acids is 1. The van der Waals surface area contributed by atoms with Crippen molar-refractivity contribution in [3.8, 4) is 0 Å². The molecule has 2 rings (SSSR count). The van der Waals surface area contributed by atoms with E-state index in [0.717, 1.165) is 30.2 Å². The van der Waals surface area contributed by atoms with E-state index in [9.17, 15) is 26.4 Å². The SMILES string of the molecule is Cc1cc(C(=O)O)c(F)c(S(=O)(=O)N(C)Cc2ncnn2CC(F)F)c1. The summed E-state index contributed by atoms with van der Waals surface area (Å²) in [5.41, 5.74) is -0.547. The van der Waals surface area contributed by atoms with Crippen molar-refractivity contribution in [1.82, 2.24) is 19.1 Å². The fourth-order valence-electron chi connectivity index (χ4n) is 2.22. The second-order valence-electron chi connectivity index (χ2n) is 5.44. The molecule has 1 N–H and O–H groups in total. The minimum Gasteiger partial charge on any atom is -0.478 e. The number of sulfonamides is 1. The number of halogens is 3. The molecule has 8 nitrogen and oxygen atoms in total. The summed E-state index contributed by atoms with van der Waals surface area (Å²) < 4.78 is 66.2. The summed E-state index contributed by atoms with van der Waals surface area (Å²) in [6, 6.07) is 2.01. The first-order valence-electron chi connectivity index (χ1n) is 7.18. The number of carboxylic acid groups (broad SMARTS) is 1. The largest absolute Gasteiger partial charge is 0.478 e. The molecular formula is C14H15F3N4O4S. The molecule has 0 bridgehead atoms. The zero-order valence-electron chi connectivity index (χ0n) is 13.7. The van der Waals surface area contributed by atoms with Gasteiger partial charge in [0.25, 0.3) is 6.43 Å². The molecule has 0 saturated heterocycles. The van der Waals surface area contributed by atoms with Crippen LogP contribution in [-0.4, -0.2) is 52.0 Å². The highest BCUT2D eigenvalue weighted by atomic mass is 32.2. The number of carboxylic acids is 1. The number of aryl methyl sites for hydroxylation is 1. The molecule has 0 radical (unpaired) electrons. The Morgan fingerprint density at radius 3 is 2.62 bits per heavy atom. The summed E-state index contributed by atoms with van der Waals surface area (Å²) in [7, 11) is -3.35. The van der Waals surface area contributed by atoms with Gasteiger partial charge in [-0.2, -0.15) is 9.40 Å². The van der Waals surface area contributed by atoms with E-state index in [1.54, 1.807) is 0 Å². The van der Waals surface area contributed by atoms with Crippen LogP contribution in [0.25, 0.3) is 0 Å². The number of benzene rings is 1. The van der Waals surface area contributed by atoms with E-state index in [-0.39, 0.29) is 11.4 Å². The first-order chi connectivity index (χ1) is 12.0. The van der Waals surface area contributed by atoms with Gasteiger partial charge in [0.15, 0.2) is 5.82 Å². The predicted molar refractivity (Wildman–Crippen MR) is 82.8 cm³/mol. The average molecular weight is 392 g/mol. The first-order valence-corrected chi connectivity index (χ1v) is 8.62. The van der Waals surface area contributed by atoms with Gasteiger partial charge < -0.3 is 5.11 Å². The van der Waals surface area contributed by atoms with Crippen molar-refractivity contribution >= 4 is 16.0 Å². The molecule has 0 aliphatic rings. The van der Waals surface area contributed by atoms with Crippen LogP contribution in [0.3, 0.4) is 0 Å². The summed E-state index contributed by atoms with van der Waals surface area (Å²) in [4.78, 5) is 14.0. The molecule has 1 aromatic heterocycles. The second-order valence-corrected chi connectivity index (χ2v) is 7.45. The zero-order chi connectivity index (χ0) is 19.6. The van der Waals surface area contributed by atoms with E-state index in [4.69, 9.17) is 5.11 Å². The highest BCUT2D eigenvalue weighted by Gasteiger charge is 2.29. The normalized spacial score (nSPS) is 12.1. The molecule has 0 saturated carbocycles. The predicted octanol–water partition coefficient (Wildman–Crippen LogP) is 1.51. The van der Waals surface area contributed by atoms with Crippen molar-refractivity contribution in [2.24, 2.45) is 0 Å². The van der Waals surface area contributed by atoms with Crippen molar-refractivity contribution < 1.29 is 31.5 Å². The number of alkyl halides is 2. The Hall–Kier alpha value is -2.47. The van der Waals surface area contributed by atoms with Gasteiger partial charge in [-0.3, -0.25) is 0 Å². The van der Waals surface area contributed by atoms with E-state index in [2.05, 4.69) is 10.1 Å². The Labute approximate surface area is 146 Å².